The summed E-state index contributed by atoms with van der Waals surface area (Å²) < 4.78 is 33.5. The lowest BCUT2D eigenvalue weighted by atomic mass is 10.1. The molecule has 10 heteroatoms. The number of amides is 2. The summed E-state index contributed by atoms with van der Waals surface area (Å²) in [5, 5.41) is 13.5. The maximum atomic E-state index is 13.3. The molecular formula is C19H29N3O6S. The van der Waals surface area contributed by atoms with Gasteiger partial charge in [-0.3, -0.25) is 9.59 Å². The lowest BCUT2D eigenvalue weighted by Crippen LogP contribution is -2.53. The summed E-state index contributed by atoms with van der Waals surface area (Å²) in [6.45, 7) is 5.98. The number of benzene rings is 1. The molecule has 1 aromatic rings. The van der Waals surface area contributed by atoms with Crippen LogP contribution in [0.4, 0.5) is 0 Å². The van der Waals surface area contributed by atoms with Crippen LogP contribution in [0.2, 0.25) is 0 Å². The fourth-order valence-electron chi connectivity index (χ4n) is 3.42. The number of carbonyl (C=O) groups excluding carboxylic acids is 2. The molecule has 1 unspecified atom stereocenters. The molecule has 1 saturated heterocycles. The van der Waals surface area contributed by atoms with Gasteiger partial charge in [0.1, 0.15) is 6.23 Å². The minimum absolute atomic E-state index is 0.0948. The van der Waals surface area contributed by atoms with Gasteiger partial charge in [-0.2, -0.15) is 4.31 Å². The van der Waals surface area contributed by atoms with Crippen molar-refractivity contribution in [3.8, 4) is 0 Å². The highest BCUT2D eigenvalue weighted by Crippen LogP contribution is 2.28. The van der Waals surface area contributed by atoms with Crippen LogP contribution in [0.25, 0.3) is 0 Å². The van der Waals surface area contributed by atoms with Gasteiger partial charge in [0.05, 0.1) is 18.0 Å². The van der Waals surface area contributed by atoms with E-state index < -0.39 is 28.1 Å². The Morgan fingerprint density at radius 1 is 1.17 bits per heavy atom. The number of hydrogen-bond donors (Lipinski definition) is 3. The normalized spacial score (nSPS) is 17.7. The first-order valence-corrected chi connectivity index (χ1v) is 11.0. The van der Waals surface area contributed by atoms with Crippen LogP contribution in [0.3, 0.4) is 0 Å². The summed E-state index contributed by atoms with van der Waals surface area (Å²) in [4.78, 5) is 23.9. The Balaban J connectivity index is 2.13. The summed E-state index contributed by atoms with van der Waals surface area (Å²) in [6.07, 6.45) is -0.0237. The van der Waals surface area contributed by atoms with Crippen molar-refractivity contribution in [3.63, 3.8) is 0 Å². The number of sulfonamides is 1. The first kappa shape index (κ1) is 23.3. The maximum Gasteiger partial charge on any atom is 0.309 e. The summed E-state index contributed by atoms with van der Waals surface area (Å²) in [5.74, 6) is -1.72. The lowest BCUT2D eigenvalue weighted by molar-refractivity contribution is -0.140. The molecule has 0 saturated carbocycles. The highest BCUT2D eigenvalue weighted by atomic mass is 32.2. The van der Waals surface area contributed by atoms with Gasteiger partial charge < -0.3 is 20.5 Å². The van der Waals surface area contributed by atoms with Crippen LogP contribution in [0, 0.1) is 20.8 Å². The van der Waals surface area contributed by atoms with Crippen molar-refractivity contribution in [1.29, 1.82) is 0 Å². The number of rotatable bonds is 7. The Kier molecular flexibility index (Phi) is 8.14. The quantitative estimate of drug-likeness (QED) is 0.414. The number of carbonyl (C=O) groups is 2. The topological polar surface area (TPSA) is 125 Å². The van der Waals surface area contributed by atoms with Crippen molar-refractivity contribution in [2.75, 3.05) is 32.8 Å². The molecule has 1 aliphatic rings. The molecule has 1 aliphatic heterocycles. The van der Waals surface area contributed by atoms with Crippen LogP contribution >= 0.6 is 0 Å². The molecule has 0 aliphatic carbocycles. The zero-order valence-electron chi connectivity index (χ0n) is 17.0. The van der Waals surface area contributed by atoms with Gasteiger partial charge in [0.25, 0.3) is 0 Å². The van der Waals surface area contributed by atoms with Crippen molar-refractivity contribution in [3.05, 3.63) is 28.8 Å². The fourth-order valence-corrected chi connectivity index (χ4v) is 5.40. The Morgan fingerprint density at radius 3 is 2.41 bits per heavy atom. The highest BCUT2D eigenvalue weighted by molar-refractivity contribution is 7.89. The monoisotopic (exact) mass is 427 g/mol. The smallest absolute Gasteiger partial charge is 0.309 e. The third-order valence-electron chi connectivity index (χ3n) is 4.59. The van der Waals surface area contributed by atoms with Crippen molar-refractivity contribution < 1.29 is 27.9 Å². The van der Waals surface area contributed by atoms with Crippen molar-refractivity contribution >= 4 is 21.8 Å². The molecular weight excluding hydrogens is 398 g/mol. The average molecular weight is 428 g/mol. The standard InChI is InChI=1S/C19H29N3O6S/c1-13-10-14(2)17(15(3)11-13)29(26,27)22-7-5-9-28-16(22)12-21-19(25)18(24)20-6-4-8-23/h10-11,16,23H,4-9,12H2,1-3H3,(H,20,24)(H,21,25). The molecule has 2 amide bonds. The van der Waals surface area contributed by atoms with Gasteiger partial charge in [0, 0.05) is 19.7 Å². The second-order valence-corrected chi connectivity index (χ2v) is 8.89. The number of aliphatic hydroxyl groups is 1. The molecule has 0 bridgehead atoms. The van der Waals surface area contributed by atoms with Gasteiger partial charge in [-0.25, -0.2) is 8.42 Å². The van der Waals surface area contributed by atoms with E-state index in [4.69, 9.17) is 9.84 Å². The SMILES string of the molecule is Cc1cc(C)c(S(=O)(=O)N2CCCOC2CNC(=O)C(=O)NCCCO)c(C)c1. The van der Waals surface area contributed by atoms with Crippen LogP contribution in [-0.4, -0.2) is 68.7 Å². The first-order valence-electron chi connectivity index (χ1n) is 9.56. The predicted octanol–water partition coefficient (Wildman–Crippen LogP) is -0.0362. The number of aryl methyl sites for hydroxylation is 3. The molecule has 29 heavy (non-hydrogen) atoms. The van der Waals surface area contributed by atoms with Crippen molar-refractivity contribution in [1.82, 2.24) is 14.9 Å². The van der Waals surface area contributed by atoms with Crippen LogP contribution < -0.4 is 10.6 Å². The molecule has 0 radical (unpaired) electrons. The maximum absolute atomic E-state index is 13.3. The van der Waals surface area contributed by atoms with Crippen molar-refractivity contribution in [2.24, 2.45) is 0 Å². The second kappa shape index (κ2) is 10.1. The number of hydrogen-bond acceptors (Lipinski definition) is 6. The molecule has 9 nitrogen and oxygen atoms in total. The molecule has 1 fully saturated rings. The minimum atomic E-state index is -3.85. The van der Waals surface area contributed by atoms with E-state index in [1.165, 1.54) is 4.31 Å². The Labute approximate surface area is 171 Å². The molecule has 0 spiro atoms. The van der Waals surface area contributed by atoms with Crippen LogP contribution in [-0.2, 0) is 24.3 Å². The summed E-state index contributed by atoms with van der Waals surface area (Å²) in [6, 6.07) is 3.64. The number of aliphatic hydroxyl groups excluding tert-OH is 1. The Hall–Kier alpha value is -2.01. The van der Waals surface area contributed by atoms with Crippen LogP contribution in [0.5, 0.6) is 0 Å². The molecule has 0 aromatic heterocycles. The van der Waals surface area contributed by atoms with E-state index >= 15 is 0 Å². The summed E-state index contributed by atoms with van der Waals surface area (Å²) >= 11 is 0. The van der Waals surface area contributed by atoms with Gasteiger partial charge in [0.2, 0.25) is 10.0 Å². The van der Waals surface area contributed by atoms with Gasteiger partial charge in [0.15, 0.2) is 0 Å². The van der Waals surface area contributed by atoms with E-state index in [9.17, 15) is 18.0 Å². The molecule has 3 N–H and O–H groups in total. The second-order valence-electron chi connectivity index (χ2n) is 7.07. The lowest BCUT2D eigenvalue weighted by Gasteiger charge is -2.35. The summed E-state index contributed by atoms with van der Waals surface area (Å²) in [7, 11) is -3.85. The largest absolute Gasteiger partial charge is 0.396 e. The third kappa shape index (κ3) is 5.75. The number of ether oxygens (including phenoxy) is 1. The summed E-state index contributed by atoms with van der Waals surface area (Å²) in [5.41, 5.74) is 2.28. The fraction of sp³-hybridized carbons (Fsp3) is 0.579. The van der Waals surface area contributed by atoms with E-state index in [1.54, 1.807) is 13.8 Å². The van der Waals surface area contributed by atoms with E-state index in [2.05, 4.69) is 10.6 Å². The van der Waals surface area contributed by atoms with Gasteiger partial charge in [-0.05, 0) is 44.7 Å². The zero-order chi connectivity index (χ0) is 21.6. The van der Waals surface area contributed by atoms with E-state index in [0.29, 0.717) is 30.6 Å². The zero-order valence-corrected chi connectivity index (χ0v) is 17.8. The van der Waals surface area contributed by atoms with Gasteiger partial charge >= 0.3 is 11.8 Å². The number of nitrogens with one attached hydrogen (secondary N) is 2. The predicted molar refractivity (Wildman–Crippen MR) is 107 cm³/mol. The Morgan fingerprint density at radius 2 is 1.79 bits per heavy atom. The van der Waals surface area contributed by atoms with E-state index in [-0.39, 0.29) is 31.1 Å². The van der Waals surface area contributed by atoms with Gasteiger partial charge in [-0.1, -0.05) is 17.7 Å². The van der Waals surface area contributed by atoms with Crippen LogP contribution in [0.1, 0.15) is 29.5 Å². The highest BCUT2D eigenvalue weighted by Gasteiger charge is 2.36. The molecule has 1 atom stereocenters. The Bertz CT molecular complexity index is 832. The minimum Gasteiger partial charge on any atom is -0.396 e. The first-order chi connectivity index (χ1) is 13.7. The molecule has 2 rings (SSSR count). The van der Waals surface area contributed by atoms with Crippen molar-refractivity contribution in [2.45, 2.75) is 44.7 Å². The number of nitrogens with zero attached hydrogens (tertiary/aromatic N) is 1. The van der Waals surface area contributed by atoms with Crippen LogP contribution in [0.15, 0.2) is 17.0 Å². The third-order valence-corrected chi connectivity index (χ3v) is 6.78. The molecule has 1 heterocycles. The van der Waals surface area contributed by atoms with E-state index in [0.717, 1.165) is 5.56 Å². The average Bonchev–Trinajstić information content (AvgIpc) is 2.65. The molecule has 162 valence electrons. The van der Waals surface area contributed by atoms with E-state index in [1.807, 2.05) is 19.1 Å². The molecule has 1 aromatic carbocycles. The van der Waals surface area contributed by atoms with Gasteiger partial charge in [-0.15, -0.1) is 0 Å².